The van der Waals surface area contributed by atoms with Gasteiger partial charge in [0.25, 0.3) is 5.91 Å². The van der Waals surface area contributed by atoms with Gasteiger partial charge in [-0.15, -0.1) is 0 Å². The van der Waals surface area contributed by atoms with E-state index in [0.29, 0.717) is 23.4 Å². The van der Waals surface area contributed by atoms with Crippen molar-refractivity contribution in [2.45, 2.75) is 13.8 Å². The Kier molecular flexibility index (Phi) is 5.93. The molecule has 0 aliphatic carbocycles. The van der Waals surface area contributed by atoms with Gasteiger partial charge in [-0.05, 0) is 48.4 Å². The van der Waals surface area contributed by atoms with E-state index in [1.165, 1.54) is 0 Å². The lowest BCUT2D eigenvalue weighted by molar-refractivity contribution is 0.0459. The number of benzene rings is 2. The van der Waals surface area contributed by atoms with Crippen molar-refractivity contribution in [1.82, 2.24) is 0 Å². The maximum atomic E-state index is 12.2. The van der Waals surface area contributed by atoms with Crippen molar-refractivity contribution in [2.24, 2.45) is 5.92 Å². The van der Waals surface area contributed by atoms with Crippen molar-refractivity contribution in [3.05, 3.63) is 64.1 Å². The maximum absolute atomic E-state index is 12.2. The lowest BCUT2D eigenvalue weighted by atomic mass is 10.1. The van der Waals surface area contributed by atoms with Crippen molar-refractivity contribution < 1.29 is 14.3 Å². The zero-order chi connectivity index (χ0) is 16.8. The average molecular weight is 376 g/mol. The molecule has 0 fully saturated rings. The van der Waals surface area contributed by atoms with E-state index in [-0.39, 0.29) is 11.8 Å². The van der Waals surface area contributed by atoms with Crippen LogP contribution in [0.5, 0.6) is 0 Å². The molecule has 2 aromatic rings. The summed E-state index contributed by atoms with van der Waals surface area (Å²) in [7, 11) is 0. The number of nitrogens with one attached hydrogen (secondary N) is 1. The van der Waals surface area contributed by atoms with Gasteiger partial charge in [0.1, 0.15) is 0 Å². The van der Waals surface area contributed by atoms with Crippen LogP contribution in [0.4, 0.5) is 5.69 Å². The van der Waals surface area contributed by atoms with Crippen molar-refractivity contribution in [3.8, 4) is 0 Å². The van der Waals surface area contributed by atoms with Gasteiger partial charge in [-0.25, -0.2) is 4.79 Å². The van der Waals surface area contributed by atoms with E-state index in [0.717, 1.165) is 4.47 Å². The molecule has 0 spiro atoms. The molecular formula is C18H18BrNO3. The molecule has 23 heavy (non-hydrogen) atoms. The normalized spacial score (nSPS) is 10.4. The summed E-state index contributed by atoms with van der Waals surface area (Å²) in [5.74, 6) is -0.345. The topological polar surface area (TPSA) is 55.4 Å². The number of anilines is 1. The highest BCUT2D eigenvalue weighted by atomic mass is 79.9. The molecule has 0 unspecified atom stereocenters. The van der Waals surface area contributed by atoms with Crippen LogP contribution < -0.4 is 5.32 Å². The number of ether oxygens (including phenoxy) is 1. The van der Waals surface area contributed by atoms with Crippen LogP contribution in [0.15, 0.2) is 53.0 Å². The number of hydrogen-bond donors (Lipinski definition) is 1. The number of carbonyl (C=O) groups excluding carboxylic acids is 2. The maximum Gasteiger partial charge on any atom is 0.338 e. The quantitative estimate of drug-likeness (QED) is 0.781. The highest BCUT2D eigenvalue weighted by molar-refractivity contribution is 9.10. The third kappa shape index (κ3) is 5.21. The number of carbonyl (C=O) groups is 2. The van der Waals surface area contributed by atoms with E-state index in [1.807, 2.05) is 13.8 Å². The molecule has 2 rings (SSSR count). The van der Waals surface area contributed by atoms with Crippen LogP contribution in [0.1, 0.15) is 34.6 Å². The molecule has 0 atom stereocenters. The van der Waals surface area contributed by atoms with E-state index in [9.17, 15) is 9.59 Å². The third-order valence-corrected chi connectivity index (χ3v) is 3.54. The average Bonchev–Trinajstić information content (AvgIpc) is 2.53. The van der Waals surface area contributed by atoms with Crippen LogP contribution in [0.25, 0.3) is 0 Å². The molecule has 0 aromatic heterocycles. The van der Waals surface area contributed by atoms with Crippen LogP contribution in [0.3, 0.4) is 0 Å². The zero-order valence-electron chi connectivity index (χ0n) is 13.0. The molecule has 0 saturated carbocycles. The Morgan fingerprint density at radius 3 is 2.43 bits per heavy atom. The summed E-state index contributed by atoms with van der Waals surface area (Å²) >= 11 is 3.33. The van der Waals surface area contributed by atoms with Gasteiger partial charge in [0.15, 0.2) is 0 Å². The van der Waals surface area contributed by atoms with Crippen molar-refractivity contribution in [2.75, 3.05) is 11.9 Å². The predicted octanol–water partition coefficient (Wildman–Crippen LogP) is 4.51. The highest BCUT2D eigenvalue weighted by Crippen LogP contribution is 2.15. The molecule has 0 radical (unpaired) electrons. The molecule has 0 heterocycles. The largest absolute Gasteiger partial charge is 0.462 e. The van der Waals surface area contributed by atoms with Crippen LogP contribution >= 0.6 is 15.9 Å². The van der Waals surface area contributed by atoms with Crippen LogP contribution in [0.2, 0.25) is 0 Å². The number of halogens is 1. The van der Waals surface area contributed by atoms with Gasteiger partial charge >= 0.3 is 5.97 Å². The van der Waals surface area contributed by atoms with Crippen LogP contribution in [0, 0.1) is 5.92 Å². The molecule has 4 nitrogen and oxygen atoms in total. The Bertz CT molecular complexity index is 696. The van der Waals surface area contributed by atoms with E-state index in [4.69, 9.17) is 4.74 Å². The molecular weight excluding hydrogens is 358 g/mol. The second-order valence-electron chi connectivity index (χ2n) is 5.53. The first-order valence-corrected chi connectivity index (χ1v) is 8.09. The number of hydrogen-bond acceptors (Lipinski definition) is 3. The minimum Gasteiger partial charge on any atom is -0.462 e. The lowest BCUT2D eigenvalue weighted by Crippen LogP contribution is -2.13. The fourth-order valence-electron chi connectivity index (χ4n) is 1.85. The van der Waals surface area contributed by atoms with Gasteiger partial charge in [-0.3, -0.25) is 4.79 Å². The van der Waals surface area contributed by atoms with Gasteiger partial charge in [-0.2, -0.15) is 0 Å². The summed E-state index contributed by atoms with van der Waals surface area (Å²) < 4.78 is 6.10. The molecule has 0 bridgehead atoms. The Hall–Kier alpha value is -2.14. The SMILES string of the molecule is CC(C)COC(=O)c1cccc(NC(=O)c2ccc(Br)cc2)c1. The van der Waals surface area contributed by atoms with E-state index in [1.54, 1.807) is 48.5 Å². The summed E-state index contributed by atoms with van der Waals surface area (Å²) in [4.78, 5) is 24.1. The molecule has 5 heteroatoms. The molecule has 2 aromatic carbocycles. The number of esters is 1. The minimum absolute atomic E-state index is 0.231. The molecule has 1 N–H and O–H groups in total. The van der Waals surface area contributed by atoms with Gasteiger partial charge in [0, 0.05) is 15.7 Å². The minimum atomic E-state index is -0.390. The first-order chi connectivity index (χ1) is 11.0. The molecule has 120 valence electrons. The van der Waals surface area contributed by atoms with Crippen LogP contribution in [-0.2, 0) is 4.74 Å². The Labute approximate surface area is 144 Å². The summed E-state index contributed by atoms with van der Waals surface area (Å²) in [6.07, 6.45) is 0. The highest BCUT2D eigenvalue weighted by Gasteiger charge is 2.11. The Morgan fingerprint density at radius 2 is 1.78 bits per heavy atom. The first kappa shape index (κ1) is 17.2. The fourth-order valence-corrected chi connectivity index (χ4v) is 2.12. The zero-order valence-corrected chi connectivity index (χ0v) is 14.6. The standard InChI is InChI=1S/C18H18BrNO3/c1-12(2)11-23-18(22)14-4-3-5-16(10-14)20-17(21)13-6-8-15(19)9-7-13/h3-10,12H,11H2,1-2H3,(H,20,21). The summed E-state index contributed by atoms with van der Waals surface area (Å²) in [5.41, 5.74) is 1.51. The van der Waals surface area contributed by atoms with E-state index >= 15 is 0 Å². The predicted molar refractivity (Wildman–Crippen MR) is 93.7 cm³/mol. The van der Waals surface area contributed by atoms with Crippen molar-refractivity contribution in [3.63, 3.8) is 0 Å². The Morgan fingerprint density at radius 1 is 1.09 bits per heavy atom. The molecule has 1 amide bonds. The van der Waals surface area contributed by atoms with Crippen molar-refractivity contribution in [1.29, 1.82) is 0 Å². The summed E-state index contributed by atoms with van der Waals surface area (Å²) in [6.45, 7) is 4.32. The van der Waals surface area contributed by atoms with Crippen LogP contribution in [-0.4, -0.2) is 18.5 Å². The second kappa shape index (κ2) is 7.92. The molecule has 0 saturated heterocycles. The third-order valence-electron chi connectivity index (χ3n) is 3.01. The van der Waals surface area contributed by atoms with Gasteiger partial charge in [0.2, 0.25) is 0 Å². The lowest BCUT2D eigenvalue weighted by Gasteiger charge is -2.09. The van der Waals surface area contributed by atoms with Gasteiger partial charge < -0.3 is 10.1 Å². The first-order valence-electron chi connectivity index (χ1n) is 7.30. The second-order valence-corrected chi connectivity index (χ2v) is 6.45. The van der Waals surface area contributed by atoms with Gasteiger partial charge in [-0.1, -0.05) is 35.8 Å². The number of rotatable bonds is 5. The van der Waals surface area contributed by atoms with E-state index < -0.39 is 5.97 Å². The number of amides is 1. The fraction of sp³-hybridized carbons (Fsp3) is 0.222. The van der Waals surface area contributed by atoms with Crippen molar-refractivity contribution >= 4 is 33.5 Å². The molecule has 0 aliphatic heterocycles. The van der Waals surface area contributed by atoms with E-state index in [2.05, 4.69) is 21.2 Å². The molecule has 0 aliphatic rings. The monoisotopic (exact) mass is 375 g/mol. The Balaban J connectivity index is 2.06. The van der Waals surface area contributed by atoms with Gasteiger partial charge in [0.05, 0.1) is 12.2 Å². The smallest absolute Gasteiger partial charge is 0.338 e. The summed E-state index contributed by atoms with van der Waals surface area (Å²) in [5, 5.41) is 2.78. The summed E-state index contributed by atoms with van der Waals surface area (Å²) in [6, 6.07) is 13.8.